The van der Waals surface area contributed by atoms with E-state index in [-0.39, 0.29) is 19.3 Å². The maximum Gasteiger partial charge on any atom is 0.472 e. The summed E-state index contributed by atoms with van der Waals surface area (Å²) in [4.78, 5) is 58.8. The summed E-state index contributed by atoms with van der Waals surface area (Å²) in [6.07, 6.45) is 100. The number of ether oxygens (including phenoxy) is 3. The van der Waals surface area contributed by atoms with Crippen LogP contribution in [0.3, 0.4) is 0 Å². The number of aliphatic hydroxyl groups excluding tert-OH is 2. The molecule has 16 nitrogen and oxygen atoms in total. The highest BCUT2D eigenvalue weighted by atomic mass is 31.2. The van der Waals surface area contributed by atoms with Crippen molar-refractivity contribution in [3.8, 4) is 0 Å². The minimum Gasteiger partial charge on any atom is -0.463 e. The molecule has 614 valence electrons. The third-order valence-corrected chi connectivity index (χ3v) is 19.4. The molecule has 0 aromatic carbocycles. The van der Waals surface area contributed by atoms with E-state index >= 15 is 0 Å². The zero-order valence-corrected chi connectivity index (χ0v) is 69.1. The SMILES string of the molecule is CCCCC/C=C\C/C=C\C/C=C\C/C=C\CCCCCCCCCCCCCCCC(=O)OCC(O)COP(=O)(O)OCC(O)COP(=O)(O)OCC(COC(=O)CCCCCCC/C=C\C/C=C\C/C=C\C/C=C\CCCCC)OC(=O)CCCCCCC/C=C\C/C=C\C/C=C\C/C=C\CCCCC. The van der Waals surface area contributed by atoms with Gasteiger partial charge in [-0.1, -0.05) is 314 Å². The molecule has 0 amide bonds. The molecule has 0 aliphatic heterocycles. The van der Waals surface area contributed by atoms with Gasteiger partial charge in [0.25, 0.3) is 0 Å². The van der Waals surface area contributed by atoms with Crippen LogP contribution >= 0.6 is 15.6 Å². The number of aliphatic hydroxyl groups is 2. The molecular weight excluding hydrogens is 1390 g/mol. The van der Waals surface area contributed by atoms with E-state index in [0.29, 0.717) is 19.3 Å². The summed E-state index contributed by atoms with van der Waals surface area (Å²) in [7, 11) is -9.82. The predicted molar refractivity (Wildman–Crippen MR) is 445 cm³/mol. The van der Waals surface area contributed by atoms with E-state index in [4.69, 9.17) is 32.3 Å². The van der Waals surface area contributed by atoms with Gasteiger partial charge in [-0.05, 0) is 154 Å². The van der Waals surface area contributed by atoms with Gasteiger partial charge in [0.2, 0.25) is 0 Å². The number of phosphoric ester groups is 2. The summed E-state index contributed by atoms with van der Waals surface area (Å²) in [5.74, 6) is -1.62. The topological polar surface area (TPSA) is 231 Å². The van der Waals surface area contributed by atoms with Crippen molar-refractivity contribution < 1.29 is 75.8 Å². The number of carbonyl (C=O) groups excluding carboxylic acids is 3. The number of carbonyl (C=O) groups is 3. The van der Waals surface area contributed by atoms with Crippen LogP contribution in [-0.4, -0.2) is 95.9 Å². The van der Waals surface area contributed by atoms with Crippen molar-refractivity contribution in [2.45, 2.75) is 360 Å². The molecule has 107 heavy (non-hydrogen) atoms. The van der Waals surface area contributed by atoms with Crippen LogP contribution in [0.1, 0.15) is 342 Å². The molecule has 0 aliphatic carbocycles. The molecular formula is C89H152O16P2. The fourth-order valence-electron chi connectivity index (χ4n) is 11.1. The average molecular weight is 1540 g/mol. The summed E-state index contributed by atoms with van der Waals surface area (Å²) >= 11 is 0. The van der Waals surface area contributed by atoms with E-state index in [2.05, 4.69) is 167 Å². The van der Waals surface area contributed by atoms with E-state index in [1.165, 1.54) is 128 Å². The largest absolute Gasteiger partial charge is 0.472 e. The van der Waals surface area contributed by atoms with Gasteiger partial charge in [-0.25, -0.2) is 9.13 Å². The normalized spacial score (nSPS) is 14.6. The maximum atomic E-state index is 13.0. The van der Waals surface area contributed by atoms with Crippen LogP contribution in [0.2, 0.25) is 0 Å². The first-order valence-corrected chi connectivity index (χ1v) is 45.1. The highest BCUT2D eigenvalue weighted by Crippen LogP contribution is 2.45. The fraction of sp³-hybridized carbons (Fsp3) is 0.697. The quantitative estimate of drug-likeness (QED) is 0.0146. The van der Waals surface area contributed by atoms with Gasteiger partial charge in [-0.15, -0.1) is 0 Å². The fourth-order valence-corrected chi connectivity index (χ4v) is 12.6. The number of allylic oxidation sites excluding steroid dienone is 24. The third kappa shape index (κ3) is 82.2. The molecule has 0 fully saturated rings. The van der Waals surface area contributed by atoms with Crippen LogP contribution in [0.15, 0.2) is 146 Å². The van der Waals surface area contributed by atoms with Crippen molar-refractivity contribution >= 4 is 33.6 Å². The lowest BCUT2D eigenvalue weighted by atomic mass is 10.0. The first-order chi connectivity index (χ1) is 52.2. The molecule has 0 heterocycles. The Morgan fingerprint density at radius 2 is 0.467 bits per heavy atom. The van der Waals surface area contributed by atoms with Crippen molar-refractivity contribution in [2.24, 2.45) is 0 Å². The van der Waals surface area contributed by atoms with Crippen LogP contribution < -0.4 is 0 Å². The summed E-state index contributed by atoms with van der Waals surface area (Å²) in [6.45, 7) is 2.57. The molecule has 0 aliphatic rings. The van der Waals surface area contributed by atoms with Crippen LogP contribution in [0.25, 0.3) is 0 Å². The standard InChI is InChI=1S/C89H152O16P2/c1-4-7-10-13-16-19-22-25-28-31-34-37-38-39-40-41-42-43-44-47-49-51-54-57-60-63-66-69-72-75-87(92)99-78-84(90)79-101-106(95,96)102-80-85(91)81-103-107(97,98)104-83-86(105-89(94)77-74-71-68-65-62-59-56-53-50-46-36-33-30-27-24-21-18-15-12-9-6-3)82-100-88(93)76-73-70-67-64-61-58-55-52-48-45-35-32-29-26-23-20-17-14-11-8-5-2/h16-21,25-30,34-37,39-40,45-46,52-53,55-56,84-86,90-91H,4-15,22-24,31-33,38,41-44,47-51,54,57-83H2,1-3H3,(H,95,96)(H,97,98)/b19-16-,20-17-,21-18-,28-25-,29-26-,30-27-,37-34-,40-39-,45-35-,46-36-,55-52-,56-53-. The number of rotatable bonds is 79. The molecule has 0 saturated carbocycles. The van der Waals surface area contributed by atoms with Crippen molar-refractivity contribution in [3.63, 3.8) is 0 Å². The van der Waals surface area contributed by atoms with Crippen LogP contribution in [-0.2, 0) is 55.8 Å². The average Bonchev–Trinajstić information content (AvgIpc) is 0.907. The van der Waals surface area contributed by atoms with E-state index < -0.39 is 91.5 Å². The van der Waals surface area contributed by atoms with Crippen LogP contribution in [0, 0.1) is 0 Å². The Labute approximate surface area is 651 Å². The molecule has 0 saturated heterocycles. The van der Waals surface area contributed by atoms with Gasteiger partial charge < -0.3 is 34.2 Å². The zero-order chi connectivity index (χ0) is 78.0. The molecule has 0 rings (SSSR count). The maximum absolute atomic E-state index is 13.0. The Morgan fingerprint density at radius 1 is 0.262 bits per heavy atom. The molecule has 0 spiro atoms. The summed E-state index contributed by atoms with van der Waals surface area (Å²) in [5.41, 5.74) is 0. The minimum atomic E-state index is -4.95. The Kier molecular flexibility index (Phi) is 77.5. The second-order valence-corrected chi connectivity index (χ2v) is 30.8. The van der Waals surface area contributed by atoms with Crippen molar-refractivity contribution in [2.75, 3.05) is 39.6 Å². The molecule has 5 unspecified atom stereocenters. The first kappa shape index (κ1) is 102. The smallest absolute Gasteiger partial charge is 0.463 e. The number of phosphoric acid groups is 2. The minimum absolute atomic E-state index is 0.0750. The third-order valence-electron chi connectivity index (χ3n) is 17.5. The van der Waals surface area contributed by atoms with E-state index in [9.17, 15) is 43.5 Å². The molecule has 4 N–H and O–H groups in total. The number of esters is 3. The van der Waals surface area contributed by atoms with Gasteiger partial charge in [0.15, 0.2) is 6.10 Å². The Hall–Kier alpha value is -4.57. The Morgan fingerprint density at radius 3 is 0.738 bits per heavy atom. The lowest BCUT2D eigenvalue weighted by molar-refractivity contribution is -0.161. The molecule has 0 radical (unpaired) electrons. The number of hydrogen-bond donors (Lipinski definition) is 4. The van der Waals surface area contributed by atoms with Crippen LogP contribution in [0.4, 0.5) is 0 Å². The highest BCUT2D eigenvalue weighted by Gasteiger charge is 2.29. The van der Waals surface area contributed by atoms with E-state index in [1.54, 1.807) is 0 Å². The van der Waals surface area contributed by atoms with Crippen molar-refractivity contribution in [1.82, 2.24) is 0 Å². The van der Waals surface area contributed by atoms with Gasteiger partial charge in [-0.3, -0.25) is 32.5 Å². The predicted octanol–water partition coefficient (Wildman–Crippen LogP) is 25.2. The van der Waals surface area contributed by atoms with Crippen molar-refractivity contribution in [3.05, 3.63) is 146 Å². The summed E-state index contributed by atoms with van der Waals surface area (Å²) in [6, 6.07) is 0. The second-order valence-electron chi connectivity index (χ2n) is 27.9. The molecule has 0 bridgehead atoms. The highest BCUT2D eigenvalue weighted by molar-refractivity contribution is 7.47. The van der Waals surface area contributed by atoms with Gasteiger partial charge >= 0.3 is 33.6 Å². The van der Waals surface area contributed by atoms with E-state index in [0.717, 1.165) is 154 Å². The lowest BCUT2D eigenvalue weighted by Gasteiger charge is -2.21. The monoisotopic (exact) mass is 1540 g/mol. The zero-order valence-electron chi connectivity index (χ0n) is 67.3. The Balaban J connectivity index is 4.64. The second kappa shape index (κ2) is 80.9. The lowest BCUT2D eigenvalue weighted by Crippen LogP contribution is -2.30. The van der Waals surface area contributed by atoms with Gasteiger partial charge in [0.1, 0.15) is 25.4 Å². The Bertz CT molecular complexity index is 2530. The molecule has 18 heteroatoms. The first-order valence-electron chi connectivity index (χ1n) is 42.1. The van der Waals surface area contributed by atoms with Gasteiger partial charge in [-0.2, -0.15) is 0 Å². The molecule has 0 aromatic heterocycles. The molecule has 0 aromatic rings. The van der Waals surface area contributed by atoms with Crippen molar-refractivity contribution in [1.29, 1.82) is 0 Å². The summed E-state index contributed by atoms with van der Waals surface area (Å²) < 4.78 is 61.3. The summed E-state index contributed by atoms with van der Waals surface area (Å²) in [5, 5.41) is 20.7. The van der Waals surface area contributed by atoms with Gasteiger partial charge in [0, 0.05) is 19.3 Å². The molecule has 5 atom stereocenters. The number of unbranched alkanes of at least 4 members (excludes halogenated alkanes) is 32. The number of hydrogen-bond acceptors (Lipinski definition) is 14. The van der Waals surface area contributed by atoms with Crippen LogP contribution in [0.5, 0.6) is 0 Å². The van der Waals surface area contributed by atoms with Gasteiger partial charge in [0.05, 0.1) is 26.4 Å². The van der Waals surface area contributed by atoms with E-state index in [1.807, 2.05) is 0 Å².